The Balaban J connectivity index is 1.99. The molecule has 1 aromatic carbocycles. The van der Waals surface area contributed by atoms with Crippen molar-refractivity contribution in [1.82, 2.24) is 15.3 Å². The van der Waals surface area contributed by atoms with Crippen molar-refractivity contribution in [3.8, 4) is 5.75 Å². The van der Waals surface area contributed by atoms with Gasteiger partial charge in [-0.3, -0.25) is 4.79 Å². The van der Waals surface area contributed by atoms with E-state index in [-0.39, 0.29) is 5.91 Å². The Kier molecular flexibility index (Phi) is 7.38. The van der Waals surface area contributed by atoms with Crippen LogP contribution in [0.5, 0.6) is 5.75 Å². The average Bonchev–Trinajstić information content (AvgIpc) is 2.65. The molecule has 0 unspecified atom stereocenters. The van der Waals surface area contributed by atoms with Gasteiger partial charge in [0.1, 0.15) is 11.4 Å². The van der Waals surface area contributed by atoms with Crippen LogP contribution < -0.4 is 15.0 Å². The number of nitrogens with one attached hydrogen (secondary N) is 1. The minimum Gasteiger partial charge on any atom is -0.496 e. The fourth-order valence-corrected chi connectivity index (χ4v) is 2.65. The summed E-state index contributed by atoms with van der Waals surface area (Å²) in [5.74, 6) is 1.24. The zero-order valence-corrected chi connectivity index (χ0v) is 16.1. The number of hydrogen-bond acceptors (Lipinski definition) is 5. The molecule has 0 saturated heterocycles. The van der Waals surface area contributed by atoms with Gasteiger partial charge in [-0.2, -0.15) is 0 Å². The van der Waals surface area contributed by atoms with Crippen LogP contribution >= 0.6 is 0 Å². The lowest BCUT2D eigenvalue weighted by Crippen LogP contribution is -2.28. The molecule has 1 N–H and O–H groups in total. The number of hydrogen-bond donors (Lipinski definition) is 1. The summed E-state index contributed by atoms with van der Waals surface area (Å²) in [6.45, 7) is 5.41. The first-order valence-electron chi connectivity index (χ1n) is 9.02. The molecule has 0 fully saturated rings. The largest absolute Gasteiger partial charge is 0.496 e. The Labute approximate surface area is 155 Å². The second kappa shape index (κ2) is 9.75. The Morgan fingerprint density at radius 2 is 2.04 bits per heavy atom. The second-order valence-corrected chi connectivity index (χ2v) is 6.29. The normalized spacial score (nSPS) is 10.5. The number of methoxy groups -OCH3 is 1. The number of aromatic nitrogens is 2. The zero-order valence-electron chi connectivity index (χ0n) is 16.1. The van der Waals surface area contributed by atoms with Crippen molar-refractivity contribution in [2.45, 2.75) is 33.1 Å². The molecule has 2 rings (SSSR count). The molecular formula is C20H28N4O2. The van der Waals surface area contributed by atoms with Crippen LogP contribution in [0.4, 0.5) is 5.95 Å². The summed E-state index contributed by atoms with van der Waals surface area (Å²) in [6.07, 6.45) is 2.86. The molecule has 6 nitrogen and oxygen atoms in total. The first-order valence-corrected chi connectivity index (χ1v) is 9.02. The quantitative estimate of drug-likeness (QED) is 0.748. The van der Waals surface area contributed by atoms with Gasteiger partial charge in [-0.25, -0.2) is 9.97 Å². The molecule has 1 amide bonds. The first kappa shape index (κ1) is 19.7. The predicted molar refractivity (Wildman–Crippen MR) is 104 cm³/mol. The lowest BCUT2D eigenvalue weighted by molar-refractivity contribution is 0.0949. The van der Waals surface area contributed by atoms with E-state index in [1.54, 1.807) is 13.2 Å². The summed E-state index contributed by atoms with van der Waals surface area (Å²) in [7, 11) is 3.60. The van der Waals surface area contributed by atoms with E-state index in [2.05, 4.69) is 22.2 Å². The summed E-state index contributed by atoms with van der Waals surface area (Å²) < 4.78 is 5.34. The summed E-state index contributed by atoms with van der Waals surface area (Å²) in [5, 5.41) is 2.93. The van der Waals surface area contributed by atoms with Gasteiger partial charge >= 0.3 is 0 Å². The van der Waals surface area contributed by atoms with E-state index >= 15 is 0 Å². The molecule has 0 aliphatic heterocycles. The number of aryl methyl sites for hydroxylation is 1. The van der Waals surface area contributed by atoms with Crippen molar-refractivity contribution in [3.63, 3.8) is 0 Å². The molecule has 0 radical (unpaired) electrons. The van der Waals surface area contributed by atoms with E-state index in [0.717, 1.165) is 36.4 Å². The molecule has 0 aliphatic rings. The van der Waals surface area contributed by atoms with Crippen LogP contribution in [-0.2, 0) is 6.42 Å². The van der Waals surface area contributed by atoms with E-state index in [9.17, 15) is 4.79 Å². The predicted octanol–water partition coefficient (Wildman–Crippen LogP) is 3.00. The van der Waals surface area contributed by atoms with E-state index in [4.69, 9.17) is 4.74 Å². The van der Waals surface area contributed by atoms with E-state index in [1.807, 2.05) is 43.1 Å². The molecule has 6 heteroatoms. The number of para-hydroxylation sites is 1. The minimum absolute atomic E-state index is 0.185. The van der Waals surface area contributed by atoms with Crippen LogP contribution in [-0.4, -0.2) is 43.1 Å². The Bertz CT molecular complexity index is 734. The van der Waals surface area contributed by atoms with Crippen LogP contribution in [0.1, 0.15) is 41.5 Å². The standard InChI is InChI=1S/C20H28N4O2/c1-5-6-13-24(3)20-22-15(2)14-17(23-20)19(25)21-12-11-16-9-7-8-10-18(16)26-4/h7-10,14H,5-6,11-13H2,1-4H3,(H,21,25). The molecule has 2 aromatic rings. The monoisotopic (exact) mass is 356 g/mol. The maximum absolute atomic E-state index is 12.5. The average molecular weight is 356 g/mol. The van der Waals surface area contributed by atoms with Crippen molar-refractivity contribution in [2.75, 3.05) is 32.1 Å². The Morgan fingerprint density at radius 1 is 1.27 bits per heavy atom. The number of unbranched alkanes of at least 4 members (excludes halogenated alkanes) is 1. The van der Waals surface area contributed by atoms with Crippen LogP contribution in [0.25, 0.3) is 0 Å². The third kappa shape index (κ3) is 5.44. The van der Waals surface area contributed by atoms with Gasteiger partial charge in [0, 0.05) is 25.8 Å². The van der Waals surface area contributed by atoms with Crippen molar-refractivity contribution in [1.29, 1.82) is 0 Å². The van der Waals surface area contributed by atoms with Gasteiger partial charge in [0.2, 0.25) is 5.95 Å². The van der Waals surface area contributed by atoms with Crippen LogP contribution in [0.2, 0.25) is 0 Å². The Morgan fingerprint density at radius 3 is 2.77 bits per heavy atom. The summed E-state index contributed by atoms with van der Waals surface area (Å²) in [5.41, 5.74) is 2.25. The number of carbonyl (C=O) groups excluding carboxylic acids is 1. The van der Waals surface area contributed by atoms with Crippen LogP contribution in [0.15, 0.2) is 30.3 Å². The molecule has 0 atom stereocenters. The molecule has 0 spiro atoms. The summed E-state index contributed by atoms with van der Waals surface area (Å²) in [4.78, 5) is 23.3. The maximum atomic E-state index is 12.5. The molecule has 0 bridgehead atoms. The molecule has 0 aliphatic carbocycles. The van der Waals surface area contributed by atoms with Gasteiger partial charge < -0.3 is 15.0 Å². The van der Waals surface area contributed by atoms with E-state index < -0.39 is 0 Å². The fraction of sp³-hybridized carbons (Fsp3) is 0.450. The lowest BCUT2D eigenvalue weighted by Gasteiger charge is -2.17. The molecule has 140 valence electrons. The van der Waals surface area contributed by atoms with Gasteiger partial charge in [-0.05, 0) is 37.5 Å². The third-order valence-electron chi connectivity index (χ3n) is 4.14. The minimum atomic E-state index is -0.185. The van der Waals surface area contributed by atoms with Gasteiger partial charge in [0.15, 0.2) is 0 Å². The molecular weight excluding hydrogens is 328 g/mol. The van der Waals surface area contributed by atoms with E-state index in [1.165, 1.54) is 0 Å². The van der Waals surface area contributed by atoms with Gasteiger partial charge in [-0.15, -0.1) is 0 Å². The Hall–Kier alpha value is -2.63. The van der Waals surface area contributed by atoms with Gasteiger partial charge in [-0.1, -0.05) is 31.5 Å². The smallest absolute Gasteiger partial charge is 0.270 e. The second-order valence-electron chi connectivity index (χ2n) is 6.29. The lowest BCUT2D eigenvalue weighted by atomic mass is 10.1. The number of nitrogens with zero attached hydrogens (tertiary/aromatic N) is 3. The maximum Gasteiger partial charge on any atom is 0.270 e. The number of carbonyl (C=O) groups is 1. The summed E-state index contributed by atoms with van der Waals surface area (Å²) >= 11 is 0. The fourth-order valence-electron chi connectivity index (χ4n) is 2.65. The molecule has 0 saturated carbocycles. The third-order valence-corrected chi connectivity index (χ3v) is 4.14. The van der Waals surface area contributed by atoms with Crippen molar-refractivity contribution >= 4 is 11.9 Å². The van der Waals surface area contributed by atoms with Crippen LogP contribution in [0, 0.1) is 6.92 Å². The van der Waals surface area contributed by atoms with Crippen LogP contribution in [0.3, 0.4) is 0 Å². The molecule has 1 aromatic heterocycles. The summed E-state index contributed by atoms with van der Waals surface area (Å²) in [6, 6.07) is 9.53. The van der Waals surface area contributed by atoms with Gasteiger partial charge in [0.25, 0.3) is 5.91 Å². The van der Waals surface area contributed by atoms with E-state index in [0.29, 0.717) is 24.6 Å². The number of anilines is 1. The number of amides is 1. The molecule has 1 heterocycles. The van der Waals surface area contributed by atoms with Crippen molar-refractivity contribution < 1.29 is 9.53 Å². The van der Waals surface area contributed by atoms with Crippen molar-refractivity contribution in [3.05, 3.63) is 47.3 Å². The number of rotatable bonds is 9. The molecule has 26 heavy (non-hydrogen) atoms. The SMILES string of the molecule is CCCCN(C)c1nc(C)cc(C(=O)NCCc2ccccc2OC)n1. The number of benzene rings is 1. The zero-order chi connectivity index (χ0) is 18.9. The highest BCUT2D eigenvalue weighted by Crippen LogP contribution is 2.17. The van der Waals surface area contributed by atoms with Gasteiger partial charge in [0.05, 0.1) is 7.11 Å². The highest BCUT2D eigenvalue weighted by atomic mass is 16.5. The highest BCUT2D eigenvalue weighted by molar-refractivity contribution is 5.92. The highest BCUT2D eigenvalue weighted by Gasteiger charge is 2.13. The first-order chi connectivity index (χ1) is 12.5. The van der Waals surface area contributed by atoms with Crippen molar-refractivity contribution in [2.24, 2.45) is 0 Å². The number of ether oxygens (including phenoxy) is 1. The topological polar surface area (TPSA) is 67.4 Å².